The van der Waals surface area contributed by atoms with Gasteiger partial charge < -0.3 is 4.42 Å². The summed E-state index contributed by atoms with van der Waals surface area (Å²) in [5.41, 5.74) is 17.9. The Bertz CT molecular complexity index is 2290. The standard InChI is InChI=1S/C42H32O/c1-41(2)35-11-7-5-9-29(35)30-17-14-27(23-36(30)41)28-15-19-32-31-18-13-26(22-37(31)42(3,4)38(32)24-28)25-16-20-40-34(21-25)33-10-6-8-12-39(33)43-40/h5-24H,1-4H3. The molecule has 0 unspecified atom stereocenters. The molecule has 7 aromatic rings. The molecule has 9 rings (SSSR count). The van der Waals surface area contributed by atoms with Crippen molar-refractivity contribution in [1.82, 2.24) is 0 Å². The number of fused-ring (bicyclic) bond motifs is 9. The highest BCUT2D eigenvalue weighted by atomic mass is 16.3. The van der Waals surface area contributed by atoms with E-state index in [2.05, 4.69) is 137 Å². The largest absolute Gasteiger partial charge is 0.456 e. The van der Waals surface area contributed by atoms with Gasteiger partial charge in [0.1, 0.15) is 11.2 Å². The number of para-hydroxylation sites is 1. The van der Waals surface area contributed by atoms with Crippen LogP contribution in [0.2, 0.25) is 0 Å². The molecular formula is C42H32O. The quantitative estimate of drug-likeness (QED) is 0.208. The monoisotopic (exact) mass is 552 g/mol. The fourth-order valence-electron chi connectivity index (χ4n) is 7.89. The molecule has 43 heavy (non-hydrogen) atoms. The van der Waals surface area contributed by atoms with Crippen molar-refractivity contribution >= 4 is 21.9 Å². The van der Waals surface area contributed by atoms with Gasteiger partial charge in [0.15, 0.2) is 0 Å². The van der Waals surface area contributed by atoms with Crippen LogP contribution in [0, 0.1) is 0 Å². The van der Waals surface area contributed by atoms with Crippen LogP contribution in [0.1, 0.15) is 49.9 Å². The summed E-state index contributed by atoms with van der Waals surface area (Å²) < 4.78 is 6.09. The van der Waals surface area contributed by atoms with Crippen LogP contribution < -0.4 is 0 Å². The van der Waals surface area contributed by atoms with Crippen molar-refractivity contribution in [3.8, 4) is 44.5 Å². The molecule has 206 valence electrons. The summed E-state index contributed by atoms with van der Waals surface area (Å²) in [6.45, 7) is 9.46. The predicted molar refractivity (Wildman–Crippen MR) is 180 cm³/mol. The Hall–Kier alpha value is -4.88. The molecule has 2 aliphatic carbocycles. The second-order valence-corrected chi connectivity index (χ2v) is 13.4. The Kier molecular flexibility index (Phi) is 4.80. The van der Waals surface area contributed by atoms with E-state index in [1.165, 1.54) is 77.5 Å². The minimum atomic E-state index is -0.102. The SMILES string of the molecule is CC1(C)c2ccccc2-c2ccc(-c3ccc4c(c3)C(C)(C)c3cc(-c5ccc6oc7ccccc7c6c5)ccc3-4)cc21. The molecular weight excluding hydrogens is 520 g/mol. The Morgan fingerprint density at radius 2 is 0.814 bits per heavy atom. The van der Waals surface area contributed by atoms with Crippen LogP contribution in [0.15, 0.2) is 126 Å². The maximum absolute atomic E-state index is 6.09. The number of rotatable bonds is 2. The third kappa shape index (κ3) is 3.34. The van der Waals surface area contributed by atoms with Gasteiger partial charge in [-0.25, -0.2) is 0 Å². The van der Waals surface area contributed by atoms with E-state index in [9.17, 15) is 0 Å². The van der Waals surface area contributed by atoms with Crippen LogP contribution in [0.5, 0.6) is 0 Å². The second-order valence-electron chi connectivity index (χ2n) is 13.4. The van der Waals surface area contributed by atoms with Gasteiger partial charge in [0.05, 0.1) is 0 Å². The molecule has 6 aromatic carbocycles. The first-order valence-electron chi connectivity index (χ1n) is 15.3. The first kappa shape index (κ1) is 24.7. The number of hydrogen-bond acceptors (Lipinski definition) is 1. The molecule has 0 spiro atoms. The lowest BCUT2D eigenvalue weighted by Gasteiger charge is -2.23. The maximum Gasteiger partial charge on any atom is 0.135 e. The third-order valence-corrected chi connectivity index (χ3v) is 10.3. The first-order chi connectivity index (χ1) is 20.8. The smallest absolute Gasteiger partial charge is 0.135 e. The molecule has 0 amide bonds. The van der Waals surface area contributed by atoms with E-state index in [1.807, 2.05) is 12.1 Å². The predicted octanol–water partition coefficient (Wildman–Crippen LogP) is 11.5. The Balaban J connectivity index is 1.12. The second kappa shape index (κ2) is 8.36. The summed E-state index contributed by atoms with van der Waals surface area (Å²) in [6.07, 6.45) is 0. The van der Waals surface area contributed by atoms with Gasteiger partial charge in [-0.2, -0.15) is 0 Å². The average Bonchev–Trinajstić information content (AvgIpc) is 3.60. The van der Waals surface area contributed by atoms with Crippen LogP contribution in [0.4, 0.5) is 0 Å². The molecule has 0 atom stereocenters. The van der Waals surface area contributed by atoms with E-state index >= 15 is 0 Å². The van der Waals surface area contributed by atoms with E-state index in [1.54, 1.807) is 0 Å². The first-order valence-corrected chi connectivity index (χ1v) is 15.3. The van der Waals surface area contributed by atoms with Gasteiger partial charge in [-0.15, -0.1) is 0 Å². The molecule has 1 nitrogen and oxygen atoms in total. The van der Waals surface area contributed by atoms with Crippen molar-refractivity contribution in [2.45, 2.75) is 38.5 Å². The van der Waals surface area contributed by atoms with Crippen LogP contribution in [0.25, 0.3) is 66.4 Å². The van der Waals surface area contributed by atoms with E-state index < -0.39 is 0 Å². The van der Waals surface area contributed by atoms with Crippen molar-refractivity contribution in [3.05, 3.63) is 144 Å². The molecule has 0 saturated heterocycles. The van der Waals surface area contributed by atoms with E-state index in [-0.39, 0.29) is 10.8 Å². The van der Waals surface area contributed by atoms with Gasteiger partial charge in [-0.3, -0.25) is 0 Å². The van der Waals surface area contributed by atoms with E-state index in [4.69, 9.17) is 4.42 Å². The summed E-state index contributed by atoms with van der Waals surface area (Å²) in [5.74, 6) is 0. The molecule has 0 saturated carbocycles. The minimum Gasteiger partial charge on any atom is -0.456 e. The zero-order chi connectivity index (χ0) is 29.1. The molecule has 1 heterocycles. The van der Waals surface area contributed by atoms with Crippen LogP contribution in [-0.2, 0) is 10.8 Å². The fraction of sp³-hybridized carbons (Fsp3) is 0.143. The summed E-state index contributed by atoms with van der Waals surface area (Å²) in [6, 6.07) is 44.9. The van der Waals surface area contributed by atoms with Gasteiger partial charge in [-0.1, -0.05) is 113 Å². The van der Waals surface area contributed by atoms with E-state index in [0.717, 1.165) is 11.2 Å². The molecule has 0 aliphatic heterocycles. The highest BCUT2D eigenvalue weighted by molar-refractivity contribution is 6.06. The van der Waals surface area contributed by atoms with Crippen LogP contribution in [0.3, 0.4) is 0 Å². The van der Waals surface area contributed by atoms with Gasteiger partial charge in [-0.05, 0) is 103 Å². The topological polar surface area (TPSA) is 13.1 Å². The molecule has 2 aliphatic rings. The lowest BCUT2D eigenvalue weighted by molar-refractivity contribution is 0.659. The highest BCUT2D eigenvalue weighted by Gasteiger charge is 2.37. The lowest BCUT2D eigenvalue weighted by Crippen LogP contribution is -2.15. The molecule has 1 aromatic heterocycles. The van der Waals surface area contributed by atoms with Crippen molar-refractivity contribution in [2.75, 3.05) is 0 Å². The Morgan fingerprint density at radius 3 is 1.44 bits per heavy atom. The van der Waals surface area contributed by atoms with Crippen molar-refractivity contribution in [1.29, 1.82) is 0 Å². The number of hydrogen-bond donors (Lipinski definition) is 0. The van der Waals surface area contributed by atoms with Crippen LogP contribution >= 0.6 is 0 Å². The van der Waals surface area contributed by atoms with Crippen LogP contribution in [-0.4, -0.2) is 0 Å². The molecule has 1 heteroatoms. The summed E-state index contributed by atoms with van der Waals surface area (Å²) in [7, 11) is 0. The van der Waals surface area contributed by atoms with Gasteiger partial charge in [0.2, 0.25) is 0 Å². The Morgan fingerprint density at radius 1 is 0.372 bits per heavy atom. The Labute approximate surface area is 252 Å². The van der Waals surface area contributed by atoms with Gasteiger partial charge in [0, 0.05) is 21.6 Å². The van der Waals surface area contributed by atoms with Crippen molar-refractivity contribution in [3.63, 3.8) is 0 Å². The highest BCUT2D eigenvalue weighted by Crippen LogP contribution is 2.52. The minimum absolute atomic E-state index is 0.00364. The van der Waals surface area contributed by atoms with Gasteiger partial charge in [0.25, 0.3) is 0 Å². The number of furan rings is 1. The number of benzene rings is 6. The molecule has 0 radical (unpaired) electrons. The molecule has 0 fully saturated rings. The fourth-order valence-corrected chi connectivity index (χ4v) is 7.89. The maximum atomic E-state index is 6.09. The molecule has 0 bridgehead atoms. The summed E-state index contributed by atoms with van der Waals surface area (Å²) >= 11 is 0. The third-order valence-electron chi connectivity index (χ3n) is 10.3. The normalized spacial score (nSPS) is 15.3. The zero-order valence-corrected chi connectivity index (χ0v) is 25.0. The van der Waals surface area contributed by atoms with Crippen molar-refractivity contribution in [2.24, 2.45) is 0 Å². The average molecular weight is 553 g/mol. The lowest BCUT2D eigenvalue weighted by atomic mass is 9.80. The molecule has 0 N–H and O–H groups in total. The van der Waals surface area contributed by atoms with Gasteiger partial charge >= 0.3 is 0 Å². The zero-order valence-electron chi connectivity index (χ0n) is 25.0. The summed E-state index contributed by atoms with van der Waals surface area (Å²) in [4.78, 5) is 0. The summed E-state index contributed by atoms with van der Waals surface area (Å²) in [5, 5.41) is 2.33. The van der Waals surface area contributed by atoms with E-state index in [0.29, 0.717) is 0 Å². The van der Waals surface area contributed by atoms with Crippen molar-refractivity contribution < 1.29 is 4.42 Å².